The van der Waals surface area contributed by atoms with Crippen LogP contribution >= 0.6 is 11.3 Å². The maximum absolute atomic E-state index is 2.58. The van der Waals surface area contributed by atoms with Gasteiger partial charge in [0.05, 0.1) is 11.4 Å². The van der Waals surface area contributed by atoms with Gasteiger partial charge in [-0.1, -0.05) is 153 Å². The van der Waals surface area contributed by atoms with Crippen LogP contribution in [0.4, 0.5) is 17.1 Å². The third-order valence-corrected chi connectivity index (χ3v) is 15.7. The number of hydrogen-bond acceptors (Lipinski definition) is 2. The first-order chi connectivity index (χ1) is 29.1. The summed E-state index contributed by atoms with van der Waals surface area (Å²) in [6.45, 7) is 5.09. The summed E-state index contributed by atoms with van der Waals surface area (Å²) < 4.78 is 2.67. The normalized spacial score (nSPS) is 21.9. The molecule has 1 spiro atoms. The Morgan fingerprint density at radius 1 is 0.492 bits per heavy atom. The van der Waals surface area contributed by atoms with Crippen LogP contribution in [0.25, 0.3) is 64.3 Å². The fourth-order valence-corrected chi connectivity index (χ4v) is 13.6. The molecule has 9 aromatic rings. The Bertz CT molecular complexity index is 3070. The Morgan fingerprint density at radius 2 is 1.14 bits per heavy atom. The van der Waals surface area contributed by atoms with E-state index in [1.807, 2.05) is 11.3 Å². The summed E-state index contributed by atoms with van der Waals surface area (Å²) in [7, 11) is 0. The molecule has 3 aliphatic rings. The lowest BCUT2D eigenvalue weighted by atomic mass is 9.49. The molecule has 1 nitrogen and oxygen atoms in total. The summed E-state index contributed by atoms with van der Waals surface area (Å²) >= 11 is 1.88. The van der Waals surface area contributed by atoms with E-state index in [-0.39, 0.29) is 5.41 Å². The van der Waals surface area contributed by atoms with Crippen LogP contribution in [0.5, 0.6) is 0 Å². The van der Waals surface area contributed by atoms with Gasteiger partial charge in [-0.25, -0.2) is 0 Å². The summed E-state index contributed by atoms with van der Waals surface area (Å²) in [5, 5.41) is 5.19. The van der Waals surface area contributed by atoms with E-state index < -0.39 is 0 Å². The molecule has 0 N–H and O–H groups in total. The molecule has 5 atom stereocenters. The largest absolute Gasteiger partial charge is 0.309 e. The average molecular weight is 778 g/mol. The Morgan fingerprint density at radius 3 is 2.02 bits per heavy atom. The molecule has 1 aromatic heterocycles. The van der Waals surface area contributed by atoms with Gasteiger partial charge in [0.15, 0.2) is 0 Å². The van der Waals surface area contributed by atoms with Crippen LogP contribution in [0, 0.1) is 23.7 Å². The van der Waals surface area contributed by atoms with Gasteiger partial charge in [-0.3, -0.25) is 0 Å². The third kappa shape index (κ3) is 5.22. The molecule has 0 radical (unpaired) electrons. The van der Waals surface area contributed by atoms with Crippen LogP contribution in [0.15, 0.2) is 176 Å². The molecule has 2 heteroatoms. The molecule has 8 aromatic carbocycles. The Hall–Kier alpha value is -5.96. The van der Waals surface area contributed by atoms with Gasteiger partial charge >= 0.3 is 0 Å². The van der Waals surface area contributed by atoms with Crippen LogP contribution in [-0.4, -0.2) is 0 Å². The standard InChI is InChI=1S/C57H47NS/c1-36-32-38-34-37(2)57(41(33-36)35-38)49-22-9-7-19-47(49)56-50(57)23-13-25-52(56)58(51-24-11-15-39-14-3-4-17-44(39)51)42-30-28-40(29-31-42)43-16-5-6-18-45(43)46-21-12-27-54-55(46)48-20-8-10-26-53(48)59-54/h3-31,36-38,41H,32-35H2,1-2H3/t36-,37+,38-,41-,57?/m0/s1. The minimum Gasteiger partial charge on any atom is -0.309 e. The van der Waals surface area contributed by atoms with Gasteiger partial charge in [-0.15, -0.1) is 11.3 Å². The van der Waals surface area contributed by atoms with Crippen LogP contribution in [0.3, 0.4) is 0 Å². The highest BCUT2D eigenvalue weighted by molar-refractivity contribution is 7.25. The predicted octanol–water partition coefficient (Wildman–Crippen LogP) is 16.4. The molecule has 0 amide bonds. The number of fused-ring (bicyclic) bond motifs is 12. The second-order valence-corrected chi connectivity index (χ2v) is 18.9. The molecule has 2 bridgehead atoms. The van der Waals surface area contributed by atoms with Gasteiger partial charge in [0.2, 0.25) is 0 Å². The lowest BCUT2D eigenvalue weighted by Crippen LogP contribution is -2.49. The Labute approximate surface area is 351 Å². The third-order valence-electron chi connectivity index (χ3n) is 14.6. The highest BCUT2D eigenvalue weighted by Gasteiger charge is 2.57. The van der Waals surface area contributed by atoms with Crippen molar-refractivity contribution in [2.75, 3.05) is 4.90 Å². The number of thiophene rings is 1. The average Bonchev–Trinajstić information content (AvgIpc) is 3.81. The summed E-state index contributed by atoms with van der Waals surface area (Å²) in [6.07, 6.45) is 5.36. The smallest absolute Gasteiger partial charge is 0.0543 e. The summed E-state index contributed by atoms with van der Waals surface area (Å²) in [6, 6.07) is 66.5. The van der Waals surface area contributed by atoms with Crippen LogP contribution in [0.1, 0.15) is 50.7 Å². The van der Waals surface area contributed by atoms with Crippen molar-refractivity contribution in [2.45, 2.75) is 44.9 Å². The van der Waals surface area contributed by atoms with E-state index in [4.69, 9.17) is 0 Å². The minimum atomic E-state index is 0.0295. The lowest BCUT2D eigenvalue weighted by molar-refractivity contribution is 0.0426. The first kappa shape index (κ1) is 35.0. The maximum Gasteiger partial charge on any atom is 0.0543 e. The molecule has 2 saturated carbocycles. The minimum absolute atomic E-state index is 0.0295. The SMILES string of the molecule is C[C@H]1C[C@@H]2C[C@H](C1)C1(c3ccccc3-c3c(N(c4ccc(-c5ccccc5-c5cccc6sc7ccccc7c56)cc4)c4cccc5ccccc45)cccc31)[C@H](C)C2. The number of nitrogens with zero attached hydrogens (tertiary/aromatic N) is 1. The molecule has 2 fully saturated rings. The second kappa shape index (κ2) is 13.5. The number of hydrogen-bond donors (Lipinski definition) is 0. The van der Waals surface area contributed by atoms with Crippen LogP contribution in [-0.2, 0) is 5.41 Å². The highest BCUT2D eigenvalue weighted by Crippen LogP contribution is 2.66. The van der Waals surface area contributed by atoms with Crippen molar-refractivity contribution in [3.63, 3.8) is 0 Å². The van der Waals surface area contributed by atoms with Crippen molar-refractivity contribution in [1.29, 1.82) is 0 Å². The van der Waals surface area contributed by atoms with E-state index in [1.165, 1.54) is 107 Å². The molecule has 12 rings (SSSR count). The van der Waals surface area contributed by atoms with E-state index in [1.54, 1.807) is 11.1 Å². The highest BCUT2D eigenvalue weighted by atomic mass is 32.1. The van der Waals surface area contributed by atoms with Crippen LogP contribution in [0.2, 0.25) is 0 Å². The molecule has 59 heavy (non-hydrogen) atoms. The van der Waals surface area contributed by atoms with Gasteiger partial charge < -0.3 is 4.90 Å². The molecule has 0 aliphatic heterocycles. The molecule has 1 unspecified atom stereocenters. The zero-order chi connectivity index (χ0) is 39.2. The first-order valence-electron chi connectivity index (χ1n) is 21.7. The van der Waals surface area contributed by atoms with Gasteiger partial charge in [0, 0.05) is 42.2 Å². The molecule has 286 valence electrons. The predicted molar refractivity (Wildman–Crippen MR) is 252 cm³/mol. The van der Waals surface area contributed by atoms with Crippen molar-refractivity contribution in [3.8, 4) is 33.4 Å². The molecule has 1 heterocycles. The van der Waals surface area contributed by atoms with Crippen molar-refractivity contribution >= 4 is 59.3 Å². The van der Waals surface area contributed by atoms with Crippen molar-refractivity contribution in [1.82, 2.24) is 0 Å². The van der Waals surface area contributed by atoms with Gasteiger partial charge in [0.25, 0.3) is 0 Å². The number of rotatable bonds is 5. The van der Waals surface area contributed by atoms with Gasteiger partial charge in [-0.05, 0) is 130 Å². The fourth-order valence-electron chi connectivity index (χ4n) is 12.5. The molecular weight excluding hydrogens is 731 g/mol. The molecule has 3 aliphatic carbocycles. The summed E-state index contributed by atoms with van der Waals surface area (Å²) in [5.74, 6) is 2.86. The maximum atomic E-state index is 2.58. The zero-order valence-corrected chi connectivity index (χ0v) is 34.6. The van der Waals surface area contributed by atoms with Crippen LogP contribution < -0.4 is 4.90 Å². The quantitative estimate of drug-likeness (QED) is 0.168. The van der Waals surface area contributed by atoms with E-state index >= 15 is 0 Å². The van der Waals surface area contributed by atoms with E-state index in [0.717, 1.165) is 11.8 Å². The van der Waals surface area contributed by atoms with Crippen molar-refractivity contribution < 1.29 is 0 Å². The summed E-state index contributed by atoms with van der Waals surface area (Å²) in [4.78, 5) is 2.57. The van der Waals surface area contributed by atoms with Crippen molar-refractivity contribution in [2.24, 2.45) is 23.7 Å². The monoisotopic (exact) mass is 777 g/mol. The van der Waals surface area contributed by atoms with Crippen molar-refractivity contribution in [3.05, 3.63) is 187 Å². The van der Waals surface area contributed by atoms with Gasteiger partial charge in [-0.2, -0.15) is 0 Å². The fraction of sp³-hybridized carbons (Fsp3) is 0.193. The summed E-state index contributed by atoms with van der Waals surface area (Å²) in [5.41, 5.74) is 14.7. The number of anilines is 3. The lowest BCUT2D eigenvalue weighted by Gasteiger charge is -2.54. The van der Waals surface area contributed by atoms with E-state index in [0.29, 0.717) is 11.8 Å². The zero-order valence-electron chi connectivity index (χ0n) is 33.7. The van der Waals surface area contributed by atoms with E-state index in [9.17, 15) is 0 Å². The Balaban J connectivity index is 1.05. The Kier molecular flexibility index (Phi) is 8.04. The molecular formula is C57H47NS. The van der Waals surface area contributed by atoms with Gasteiger partial charge in [0.1, 0.15) is 0 Å². The van der Waals surface area contributed by atoms with E-state index in [2.05, 4.69) is 195 Å². The molecule has 0 saturated heterocycles. The first-order valence-corrected chi connectivity index (χ1v) is 22.5. The second-order valence-electron chi connectivity index (χ2n) is 17.8. The topological polar surface area (TPSA) is 3.24 Å². The number of benzene rings is 8.